The van der Waals surface area contributed by atoms with Crippen molar-refractivity contribution in [3.8, 4) is 0 Å². The second kappa shape index (κ2) is 7.25. The fourth-order valence-electron chi connectivity index (χ4n) is 2.96. The first-order chi connectivity index (χ1) is 11.6. The Labute approximate surface area is 139 Å². The van der Waals surface area contributed by atoms with Crippen LogP contribution in [-0.2, 0) is 16.1 Å². The first kappa shape index (κ1) is 16.2. The van der Waals surface area contributed by atoms with E-state index >= 15 is 0 Å². The number of para-hydroxylation sites is 1. The zero-order chi connectivity index (χ0) is 16.9. The summed E-state index contributed by atoms with van der Waals surface area (Å²) in [5, 5.41) is 5.91. The number of amides is 2. The molecule has 0 aliphatic heterocycles. The van der Waals surface area contributed by atoms with Gasteiger partial charge in [-0.2, -0.15) is 0 Å². The minimum atomic E-state index is -0.393. The van der Waals surface area contributed by atoms with Crippen molar-refractivity contribution in [2.45, 2.75) is 38.3 Å². The Kier molecular flexibility index (Phi) is 4.88. The fraction of sp³-hybridized carbons (Fsp3) is 0.412. The number of fused-ring (bicyclic) bond motifs is 1. The Bertz CT molecular complexity index is 809. The van der Waals surface area contributed by atoms with Crippen molar-refractivity contribution >= 4 is 22.7 Å². The lowest BCUT2D eigenvalue weighted by molar-refractivity contribution is -0.126. The molecule has 1 saturated carbocycles. The van der Waals surface area contributed by atoms with Crippen molar-refractivity contribution in [3.63, 3.8) is 0 Å². The molecule has 1 aliphatic carbocycles. The van der Waals surface area contributed by atoms with Gasteiger partial charge >= 0.3 is 0 Å². The van der Waals surface area contributed by atoms with Gasteiger partial charge in [-0.1, -0.05) is 25.0 Å². The molecule has 2 amide bonds. The smallest absolute Gasteiger partial charge is 0.261 e. The third kappa shape index (κ3) is 3.79. The Hall–Kier alpha value is -2.70. The van der Waals surface area contributed by atoms with E-state index in [-0.39, 0.29) is 30.6 Å². The number of benzene rings is 1. The number of carbonyl (C=O) groups is 2. The van der Waals surface area contributed by atoms with Crippen LogP contribution in [0.2, 0.25) is 0 Å². The van der Waals surface area contributed by atoms with Crippen molar-refractivity contribution in [2.24, 2.45) is 0 Å². The van der Waals surface area contributed by atoms with Gasteiger partial charge in [-0.3, -0.25) is 19.0 Å². The molecule has 1 aromatic carbocycles. The third-order valence-electron chi connectivity index (χ3n) is 4.21. The summed E-state index contributed by atoms with van der Waals surface area (Å²) in [5.41, 5.74) is 0.321. The highest BCUT2D eigenvalue weighted by Crippen LogP contribution is 2.17. The first-order valence-electron chi connectivity index (χ1n) is 8.14. The van der Waals surface area contributed by atoms with Gasteiger partial charge in [0.05, 0.1) is 23.8 Å². The third-order valence-corrected chi connectivity index (χ3v) is 4.21. The van der Waals surface area contributed by atoms with E-state index in [1.165, 1.54) is 10.9 Å². The van der Waals surface area contributed by atoms with Crippen molar-refractivity contribution in [2.75, 3.05) is 6.54 Å². The molecule has 2 N–H and O–H groups in total. The lowest BCUT2D eigenvalue weighted by Crippen LogP contribution is -2.42. The minimum Gasteiger partial charge on any atom is -0.352 e. The van der Waals surface area contributed by atoms with Gasteiger partial charge in [-0.25, -0.2) is 4.98 Å². The molecular formula is C17H20N4O3. The Morgan fingerprint density at radius 2 is 1.92 bits per heavy atom. The zero-order valence-corrected chi connectivity index (χ0v) is 13.3. The molecule has 0 saturated heterocycles. The molecule has 0 atom stereocenters. The average molecular weight is 328 g/mol. The molecule has 1 aliphatic rings. The standard InChI is InChI=1S/C17H20N4O3/c22-15(20-12-5-1-2-6-12)9-18-16(23)10-21-11-19-14-8-4-3-7-13(14)17(21)24/h3-4,7-8,11-12H,1-2,5-6,9-10H2,(H,18,23)(H,20,22). The lowest BCUT2D eigenvalue weighted by atomic mass is 10.2. The normalized spacial score (nSPS) is 14.7. The molecule has 3 rings (SSSR count). The molecule has 0 radical (unpaired) electrons. The lowest BCUT2D eigenvalue weighted by Gasteiger charge is -2.12. The Morgan fingerprint density at radius 1 is 1.17 bits per heavy atom. The summed E-state index contributed by atoms with van der Waals surface area (Å²) in [6.07, 6.45) is 5.61. The van der Waals surface area contributed by atoms with Crippen LogP contribution in [0.15, 0.2) is 35.4 Å². The molecule has 7 nitrogen and oxygen atoms in total. The molecule has 0 unspecified atom stereocenters. The van der Waals surface area contributed by atoms with Gasteiger partial charge in [-0.15, -0.1) is 0 Å². The predicted octanol–water partition coefficient (Wildman–Crippen LogP) is 0.571. The second-order valence-electron chi connectivity index (χ2n) is 6.02. The van der Waals surface area contributed by atoms with Crippen LogP contribution in [0.1, 0.15) is 25.7 Å². The van der Waals surface area contributed by atoms with E-state index in [9.17, 15) is 14.4 Å². The summed E-state index contributed by atoms with van der Waals surface area (Å²) < 4.78 is 1.24. The maximum atomic E-state index is 12.3. The number of hydrogen-bond acceptors (Lipinski definition) is 4. The summed E-state index contributed by atoms with van der Waals surface area (Å²) in [7, 11) is 0. The number of nitrogens with one attached hydrogen (secondary N) is 2. The van der Waals surface area contributed by atoms with E-state index in [4.69, 9.17) is 0 Å². The summed E-state index contributed by atoms with van der Waals surface area (Å²) in [6.45, 7) is -0.238. The minimum absolute atomic E-state index is 0.0783. The van der Waals surface area contributed by atoms with Crippen molar-refractivity contribution in [1.82, 2.24) is 20.2 Å². The van der Waals surface area contributed by atoms with Crippen LogP contribution in [0.5, 0.6) is 0 Å². The van der Waals surface area contributed by atoms with Crippen LogP contribution in [0, 0.1) is 0 Å². The topological polar surface area (TPSA) is 93.1 Å². The molecule has 1 aromatic heterocycles. The van der Waals surface area contributed by atoms with Gasteiger partial charge < -0.3 is 10.6 Å². The predicted molar refractivity (Wildman–Crippen MR) is 89.4 cm³/mol. The zero-order valence-electron chi connectivity index (χ0n) is 13.3. The summed E-state index contributed by atoms with van der Waals surface area (Å²) in [4.78, 5) is 40.2. The average Bonchev–Trinajstić information content (AvgIpc) is 3.09. The van der Waals surface area contributed by atoms with Crippen LogP contribution < -0.4 is 16.2 Å². The highest BCUT2D eigenvalue weighted by atomic mass is 16.2. The van der Waals surface area contributed by atoms with E-state index < -0.39 is 5.91 Å². The SMILES string of the molecule is O=C(Cn1cnc2ccccc2c1=O)NCC(=O)NC1CCCC1. The Morgan fingerprint density at radius 3 is 2.71 bits per heavy atom. The van der Waals surface area contributed by atoms with E-state index in [2.05, 4.69) is 15.6 Å². The van der Waals surface area contributed by atoms with Crippen molar-refractivity contribution in [3.05, 3.63) is 40.9 Å². The molecule has 1 fully saturated rings. The number of carbonyl (C=O) groups excluding carboxylic acids is 2. The van der Waals surface area contributed by atoms with E-state index in [1.54, 1.807) is 24.3 Å². The molecule has 24 heavy (non-hydrogen) atoms. The summed E-state index contributed by atoms with van der Waals surface area (Å²) in [5.74, 6) is -0.588. The number of hydrogen-bond donors (Lipinski definition) is 2. The number of nitrogens with zero attached hydrogens (tertiary/aromatic N) is 2. The van der Waals surface area contributed by atoms with Gasteiger partial charge in [0.25, 0.3) is 5.56 Å². The summed E-state index contributed by atoms with van der Waals surface area (Å²) >= 11 is 0. The molecule has 1 heterocycles. The van der Waals surface area contributed by atoms with E-state index in [0.717, 1.165) is 25.7 Å². The maximum Gasteiger partial charge on any atom is 0.261 e. The van der Waals surface area contributed by atoms with Crippen LogP contribution in [0.25, 0.3) is 10.9 Å². The van der Waals surface area contributed by atoms with E-state index in [0.29, 0.717) is 10.9 Å². The van der Waals surface area contributed by atoms with E-state index in [1.807, 2.05) is 0 Å². The molecule has 2 aromatic rings. The van der Waals surface area contributed by atoms with Crippen LogP contribution in [-0.4, -0.2) is 34.0 Å². The van der Waals surface area contributed by atoms with Crippen molar-refractivity contribution in [1.29, 1.82) is 0 Å². The fourth-order valence-corrected chi connectivity index (χ4v) is 2.96. The second-order valence-corrected chi connectivity index (χ2v) is 6.02. The van der Waals surface area contributed by atoms with Crippen LogP contribution >= 0.6 is 0 Å². The highest BCUT2D eigenvalue weighted by Gasteiger charge is 2.17. The molecule has 0 spiro atoms. The maximum absolute atomic E-state index is 12.3. The van der Waals surface area contributed by atoms with Gasteiger partial charge in [0.1, 0.15) is 6.54 Å². The Balaban J connectivity index is 1.56. The van der Waals surface area contributed by atoms with Gasteiger partial charge in [0.15, 0.2) is 0 Å². The molecular weight excluding hydrogens is 308 g/mol. The van der Waals surface area contributed by atoms with Crippen molar-refractivity contribution < 1.29 is 9.59 Å². The quantitative estimate of drug-likeness (QED) is 0.839. The molecule has 126 valence electrons. The highest BCUT2D eigenvalue weighted by molar-refractivity contribution is 5.85. The summed E-state index contributed by atoms with van der Waals surface area (Å²) in [6, 6.07) is 7.20. The van der Waals surface area contributed by atoms with Gasteiger partial charge in [-0.05, 0) is 25.0 Å². The van der Waals surface area contributed by atoms with Crippen LogP contribution in [0.3, 0.4) is 0 Å². The van der Waals surface area contributed by atoms with Crippen LogP contribution in [0.4, 0.5) is 0 Å². The van der Waals surface area contributed by atoms with Gasteiger partial charge in [0.2, 0.25) is 11.8 Å². The largest absolute Gasteiger partial charge is 0.352 e. The first-order valence-corrected chi connectivity index (χ1v) is 8.14. The number of aromatic nitrogens is 2. The monoisotopic (exact) mass is 328 g/mol. The molecule has 0 bridgehead atoms. The van der Waals surface area contributed by atoms with Gasteiger partial charge in [0, 0.05) is 6.04 Å². The number of rotatable bonds is 5. The molecule has 7 heteroatoms.